The lowest BCUT2D eigenvalue weighted by Crippen LogP contribution is -2.46. The van der Waals surface area contributed by atoms with Gasteiger partial charge >= 0.3 is 5.65 Å². The first-order valence-corrected chi connectivity index (χ1v) is 6.33. The molecule has 6 N–H and O–H groups in total. The lowest BCUT2D eigenvalue weighted by Gasteiger charge is -2.12. The largest absolute Gasteiger partial charge is 0.394 e. The van der Waals surface area contributed by atoms with Crippen LogP contribution in [0.2, 0.25) is 0 Å². The topological polar surface area (TPSA) is 150 Å². The van der Waals surface area contributed by atoms with Crippen molar-refractivity contribution in [2.24, 2.45) is 7.05 Å². The van der Waals surface area contributed by atoms with Gasteiger partial charge in [-0.05, 0) is 0 Å². The second-order valence-electron chi connectivity index (χ2n) is 4.94. The highest BCUT2D eigenvalue weighted by Crippen LogP contribution is 2.25. The van der Waals surface area contributed by atoms with Gasteiger partial charge in [-0.1, -0.05) is 4.98 Å². The summed E-state index contributed by atoms with van der Waals surface area (Å²) >= 11 is 0. The molecule has 0 radical (unpaired) electrons. The van der Waals surface area contributed by atoms with E-state index in [1.807, 2.05) is 0 Å². The summed E-state index contributed by atoms with van der Waals surface area (Å²) in [7, 11) is 1.49. The Morgan fingerprint density at radius 3 is 2.86 bits per heavy atom. The number of aromatic nitrogens is 4. The van der Waals surface area contributed by atoms with E-state index in [0.29, 0.717) is 0 Å². The molecule has 0 aromatic carbocycles. The van der Waals surface area contributed by atoms with Gasteiger partial charge in [-0.25, -0.2) is 4.57 Å². The Balaban J connectivity index is 2.12. The fourth-order valence-corrected chi connectivity index (χ4v) is 2.42. The fourth-order valence-electron chi connectivity index (χ4n) is 2.42. The molecular formula is C11H16N5O5+. The van der Waals surface area contributed by atoms with Gasteiger partial charge in [-0.3, -0.25) is 14.3 Å². The van der Waals surface area contributed by atoms with Crippen molar-refractivity contribution in [2.75, 3.05) is 12.3 Å². The number of nitrogens with zero attached hydrogens (tertiary/aromatic N) is 3. The van der Waals surface area contributed by atoms with E-state index in [1.165, 1.54) is 22.5 Å². The first-order chi connectivity index (χ1) is 9.95. The number of aromatic amines is 1. The number of imidazole rings is 1. The van der Waals surface area contributed by atoms with Crippen molar-refractivity contribution in [3.8, 4) is 0 Å². The minimum atomic E-state index is -1.27. The molecule has 1 aliphatic heterocycles. The monoisotopic (exact) mass is 298 g/mol. The molecular weight excluding hydrogens is 282 g/mol. The van der Waals surface area contributed by atoms with Crippen molar-refractivity contribution in [3.05, 3.63) is 16.7 Å². The highest BCUT2D eigenvalue weighted by atomic mass is 16.6. The maximum absolute atomic E-state index is 12.0. The second-order valence-corrected chi connectivity index (χ2v) is 4.94. The average molecular weight is 298 g/mol. The molecule has 0 saturated carbocycles. The molecule has 2 aromatic heterocycles. The third-order valence-corrected chi connectivity index (χ3v) is 3.69. The molecule has 21 heavy (non-hydrogen) atoms. The zero-order valence-electron chi connectivity index (χ0n) is 11.2. The van der Waals surface area contributed by atoms with Crippen molar-refractivity contribution in [3.63, 3.8) is 0 Å². The highest BCUT2D eigenvalue weighted by Gasteiger charge is 2.46. The molecule has 10 heteroatoms. The van der Waals surface area contributed by atoms with E-state index in [1.54, 1.807) is 0 Å². The Labute approximate surface area is 118 Å². The minimum absolute atomic E-state index is 0.00703. The van der Waals surface area contributed by atoms with Gasteiger partial charge < -0.3 is 25.8 Å². The fraction of sp³-hybridized carbons (Fsp3) is 0.545. The number of nitrogen functional groups attached to an aromatic ring is 1. The third kappa shape index (κ3) is 1.92. The number of fused-ring (bicyclic) bond motifs is 1. The van der Waals surface area contributed by atoms with Crippen molar-refractivity contribution in [1.82, 2.24) is 14.5 Å². The Morgan fingerprint density at radius 1 is 1.52 bits per heavy atom. The lowest BCUT2D eigenvalue weighted by molar-refractivity contribution is -0.745. The number of ether oxygens (including phenoxy) is 1. The van der Waals surface area contributed by atoms with Gasteiger partial charge in [0.25, 0.3) is 11.5 Å². The number of anilines is 1. The van der Waals surface area contributed by atoms with E-state index >= 15 is 0 Å². The van der Waals surface area contributed by atoms with Crippen LogP contribution in [0, 0.1) is 0 Å². The Kier molecular flexibility index (Phi) is 3.17. The molecule has 114 valence electrons. The number of rotatable bonds is 2. The Morgan fingerprint density at radius 2 is 2.24 bits per heavy atom. The van der Waals surface area contributed by atoms with Crippen LogP contribution in [-0.2, 0) is 11.8 Å². The number of nitrogens with one attached hydrogen (secondary N) is 1. The summed E-state index contributed by atoms with van der Waals surface area (Å²) in [5, 5.41) is 28.9. The van der Waals surface area contributed by atoms with Crippen LogP contribution in [0.25, 0.3) is 11.2 Å². The number of aliphatic hydroxyl groups excluding tert-OH is 3. The zero-order valence-corrected chi connectivity index (χ0v) is 11.2. The van der Waals surface area contributed by atoms with Gasteiger partial charge in [0.2, 0.25) is 11.7 Å². The Hall–Kier alpha value is -2.01. The molecule has 3 heterocycles. The highest BCUT2D eigenvalue weighted by molar-refractivity contribution is 5.66. The van der Waals surface area contributed by atoms with Crippen molar-refractivity contribution < 1.29 is 24.6 Å². The summed E-state index contributed by atoms with van der Waals surface area (Å²) in [6.45, 7) is -0.436. The number of hydrogen-bond donors (Lipinski definition) is 5. The number of aliphatic hydroxyl groups is 3. The van der Waals surface area contributed by atoms with Gasteiger partial charge in [0.05, 0.1) is 6.61 Å². The quantitative estimate of drug-likeness (QED) is 0.365. The number of H-pyrrole nitrogens is 1. The molecule has 4 atom stereocenters. The van der Waals surface area contributed by atoms with Gasteiger partial charge in [-0.2, -0.15) is 0 Å². The molecule has 1 saturated heterocycles. The number of hydrogen-bond acceptors (Lipinski definition) is 7. The summed E-state index contributed by atoms with van der Waals surface area (Å²) in [5.41, 5.74) is 5.69. The van der Waals surface area contributed by atoms with Crippen LogP contribution in [0.15, 0.2) is 11.1 Å². The van der Waals surface area contributed by atoms with E-state index < -0.39 is 31.1 Å². The molecule has 2 aromatic rings. The first kappa shape index (κ1) is 13.9. The normalized spacial score (nSPS) is 29.3. The zero-order chi connectivity index (χ0) is 15.3. The van der Waals surface area contributed by atoms with Crippen LogP contribution in [0.5, 0.6) is 0 Å². The second kappa shape index (κ2) is 4.77. The average Bonchev–Trinajstić information content (AvgIpc) is 2.99. The summed E-state index contributed by atoms with van der Waals surface area (Å²) < 4.78 is 7.95. The maximum Gasteiger partial charge on any atom is 0.313 e. The van der Waals surface area contributed by atoms with E-state index in [2.05, 4.69) is 9.97 Å². The van der Waals surface area contributed by atoms with Crippen molar-refractivity contribution >= 4 is 17.1 Å². The molecule has 0 amide bonds. The summed E-state index contributed by atoms with van der Waals surface area (Å²) in [6.07, 6.45) is -2.99. The standard InChI is InChI=1S/C11H15N5O5/c1-15-9(20)5-8(14-11(15)12)16(3-13-5)10-7(19)6(18)4(2-17)21-10/h3-4,6-7,10,17-19H,2H2,1H3,(H2,12,14,20)/p+1/t4-,6-,7-,10-/m1/s1. The smallest absolute Gasteiger partial charge is 0.313 e. The van der Waals surface area contributed by atoms with Crippen molar-refractivity contribution in [1.29, 1.82) is 0 Å². The van der Waals surface area contributed by atoms with E-state index in [-0.39, 0.29) is 22.7 Å². The minimum Gasteiger partial charge on any atom is -0.394 e. The predicted octanol–water partition coefficient (Wildman–Crippen LogP) is -3.26. The van der Waals surface area contributed by atoms with Crippen LogP contribution in [0.3, 0.4) is 0 Å². The Bertz CT molecular complexity index is 740. The third-order valence-electron chi connectivity index (χ3n) is 3.69. The van der Waals surface area contributed by atoms with Crippen LogP contribution in [0.1, 0.15) is 6.23 Å². The summed E-state index contributed by atoms with van der Waals surface area (Å²) in [6, 6.07) is 0. The molecule has 1 aliphatic rings. The predicted molar refractivity (Wildman–Crippen MR) is 69.0 cm³/mol. The first-order valence-electron chi connectivity index (χ1n) is 6.33. The van der Waals surface area contributed by atoms with Gasteiger partial charge in [0.1, 0.15) is 18.3 Å². The van der Waals surface area contributed by atoms with Gasteiger partial charge in [0, 0.05) is 7.05 Å². The lowest BCUT2D eigenvalue weighted by atomic mass is 10.1. The molecule has 1 fully saturated rings. The van der Waals surface area contributed by atoms with Crippen LogP contribution in [0.4, 0.5) is 5.95 Å². The van der Waals surface area contributed by atoms with Crippen molar-refractivity contribution in [2.45, 2.75) is 24.5 Å². The van der Waals surface area contributed by atoms with E-state index in [0.717, 1.165) is 0 Å². The van der Waals surface area contributed by atoms with Crippen LogP contribution < -0.4 is 15.9 Å². The number of nitrogens with two attached hydrogens (primary N) is 1. The van der Waals surface area contributed by atoms with Crippen LogP contribution >= 0.6 is 0 Å². The van der Waals surface area contributed by atoms with Crippen LogP contribution in [-0.4, -0.2) is 54.8 Å². The summed E-state index contributed by atoms with van der Waals surface area (Å²) in [5.74, 6) is 0.00703. The van der Waals surface area contributed by atoms with Gasteiger partial charge in [0.15, 0.2) is 6.33 Å². The SMILES string of the molecule is Cn1c(N)nc2c([nH]c[n+]2[C@@H]2O[C@H](CO)[C@@H](O)[C@H]2O)c1=O. The van der Waals surface area contributed by atoms with E-state index in [9.17, 15) is 15.0 Å². The summed E-state index contributed by atoms with van der Waals surface area (Å²) in [4.78, 5) is 18.9. The van der Waals surface area contributed by atoms with Gasteiger partial charge in [-0.15, -0.1) is 0 Å². The molecule has 0 spiro atoms. The van der Waals surface area contributed by atoms with E-state index in [4.69, 9.17) is 15.6 Å². The maximum atomic E-state index is 12.0. The molecule has 0 aliphatic carbocycles. The molecule has 0 bridgehead atoms. The molecule has 0 unspecified atom stereocenters. The molecule has 3 rings (SSSR count). The molecule has 10 nitrogen and oxygen atoms in total.